The van der Waals surface area contributed by atoms with E-state index in [0.29, 0.717) is 19.4 Å². The number of para-hydroxylation sites is 1. The summed E-state index contributed by atoms with van der Waals surface area (Å²) in [5.74, 6) is 0.255. The van der Waals surface area contributed by atoms with E-state index in [4.69, 9.17) is 0 Å². The number of hydrogen-bond donors (Lipinski definition) is 2. The zero-order valence-corrected chi connectivity index (χ0v) is 13.0. The Bertz CT molecular complexity index is 752. The molecule has 0 unspecified atom stereocenters. The van der Waals surface area contributed by atoms with Crippen LogP contribution in [0.25, 0.3) is 10.9 Å². The van der Waals surface area contributed by atoms with Crippen molar-refractivity contribution in [1.82, 2.24) is 15.2 Å². The third-order valence-corrected chi connectivity index (χ3v) is 5.15. The molecule has 2 atom stereocenters. The molecule has 2 aliphatic rings. The highest BCUT2D eigenvalue weighted by Crippen LogP contribution is 2.29. The summed E-state index contributed by atoms with van der Waals surface area (Å²) in [6, 6.07) is 8.44. The number of aryl methyl sites for hydroxylation is 1. The van der Waals surface area contributed by atoms with E-state index in [2.05, 4.69) is 16.4 Å². The number of carbonyl (C=O) groups is 2. The maximum absolute atomic E-state index is 12.7. The maximum atomic E-state index is 12.7. The van der Waals surface area contributed by atoms with Crippen LogP contribution in [0.2, 0.25) is 0 Å². The van der Waals surface area contributed by atoms with E-state index in [1.807, 2.05) is 29.3 Å². The fraction of sp³-hybridized carbons (Fsp3) is 0.444. The molecule has 3 heterocycles. The van der Waals surface area contributed by atoms with Gasteiger partial charge in [-0.3, -0.25) is 9.59 Å². The van der Waals surface area contributed by atoms with E-state index in [0.717, 1.165) is 24.8 Å². The third-order valence-electron chi connectivity index (χ3n) is 5.15. The first-order chi connectivity index (χ1) is 11.2. The number of aromatic amines is 1. The normalized spacial score (nSPS) is 23.8. The molecule has 23 heavy (non-hydrogen) atoms. The molecule has 0 aliphatic carbocycles. The number of H-pyrrole nitrogens is 1. The summed E-state index contributed by atoms with van der Waals surface area (Å²) < 4.78 is 0. The minimum absolute atomic E-state index is 0.0756. The van der Waals surface area contributed by atoms with Gasteiger partial charge in [-0.15, -0.1) is 0 Å². The second-order valence-corrected chi connectivity index (χ2v) is 6.55. The highest BCUT2D eigenvalue weighted by Gasteiger charge is 2.39. The molecule has 0 spiro atoms. The van der Waals surface area contributed by atoms with Gasteiger partial charge in [0.05, 0.1) is 0 Å². The molecule has 2 fully saturated rings. The van der Waals surface area contributed by atoms with Crippen LogP contribution in [-0.4, -0.2) is 40.3 Å². The lowest BCUT2D eigenvalue weighted by molar-refractivity contribution is -0.133. The molecule has 5 heteroatoms. The summed E-state index contributed by atoms with van der Waals surface area (Å²) in [5, 5.41) is 4.11. The topological polar surface area (TPSA) is 65.2 Å². The van der Waals surface area contributed by atoms with E-state index in [-0.39, 0.29) is 23.9 Å². The van der Waals surface area contributed by atoms with Crippen LogP contribution in [0.3, 0.4) is 0 Å². The first-order valence-corrected chi connectivity index (χ1v) is 8.35. The molecule has 2 aliphatic heterocycles. The van der Waals surface area contributed by atoms with Gasteiger partial charge in [-0.05, 0) is 30.9 Å². The molecule has 0 saturated carbocycles. The van der Waals surface area contributed by atoms with Crippen molar-refractivity contribution in [3.63, 3.8) is 0 Å². The van der Waals surface area contributed by atoms with Gasteiger partial charge in [0.1, 0.15) is 0 Å². The van der Waals surface area contributed by atoms with Crippen molar-refractivity contribution >= 4 is 22.7 Å². The van der Waals surface area contributed by atoms with Crippen LogP contribution >= 0.6 is 0 Å². The Kier molecular flexibility index (Phi) is 3.56. The second kappa shape index (κ2) is 5.72. The average molecular weight is 311 g/mol. The lowest BCUT2D eigenvalue weighted by atomic mass is 10.1. The van der Waals surface area contributed by atoms with Crippen LogP contribution in [0.1, 0.15) is 31.2 Å². The number of benzene rings is 1. The molecule has 2 aromatic rings. The molecule has 1 aromatic heterocycles. The van der Waals surface area contributed by atoms with Crippen molar-refractivity contribution in [2.24, 2.45) is 0 Å². The average Bonchev–Trinajstić information content (AvgIpc) is 3.09. The minimum atomic E-state index is 0.0756. The zero-order chi connectivity index (χ0) is 15.8. The quantitative estimate of drug-likeness (QED) is 0.910. The number of fused-ring (bicyclic) bond motifs is 3. The van der Waals surface area contributed by atoms with E-state index < -0.39 is 0 Å². The van der Waals surface area contributed by atoms with Crippen LogP contribution in [0, 0.1) is 0 Å². The summed E-state index contributed by atoms with van der Waals surface area (Å²) in [5.41, 5.74) is 2.30. The van der Waals surface area contributed by atoms with E-state index in [1.165, 1.54) is 10.9 Å². The number of hydrogen-bond acceptors (Lipinski definition) is 2. The maximum Gasteiger partial charge on any atom is 0.223 e. The largest absolute Gasteiger partial charge is 0.361 e. The Morgan fingerprint density at radius 2 is 2.04 bits per heavy atom. The van der Waals surface area contributed by atoms with Crippen LogP contribution in [-0.2, 0) is 16.0 Å². The van der Waals surface area contributed by atoms with Gasteiger partial charge < -0.3 is 15.2 Å². The first kappa shape index (κ1) is 14.3. The van der Waals surface area contributed by atoms with Crippen molar-refractivity contribution < 1.29 is 9.59 Å². The van der Waals surface area contributed by atoms with Crippen LogP contribution in [0.5, 0.6) is 0 Å². The molecule has 0 radical (unpaired) electrons. The summed E-state index contributed by atoms with van der Waals surface area (Å²) >= 11 is 0. The molecule has 5 nitrogen and oxygen atoms in total. The number of nitrogens with zero attached hydrogens (tertiary/aromatic N) is 1. The standard InChI is InChI=1S/C18H21N3O2/c22-17-9-13-6-7-14(11-20-17)21(13)18(23)8-5-12-10-19-16-4-2-1-3-15(12)16/h1-4,10,13-14,19H,5-9,11H2,(H,20,22)/t13-,14+/m1/s1. The lowest BCUT2D eigenvalue weighted by Crippen LogP contribution is -2.42. The lowest BCUT2D eigenvalue weighted by Gasteiger charge is -2.27. The molecule has 2 bridgehead atoms. The molecule has 2 saturated heterocycles. The molecule has 2 amide bonds. The van der Waals surface area contributed by atoms with Gasteiger partial charge in [-0.2, -0.15) is 0 Å². The van der Waals surface area contributed by atoms with E-state index in [9.17, 15) is 9.59 Å². The van der Waals surface area contributed by atoms with Crippen molar-refractivity contribution in [1.29, 1.82) is 0 Å². The minimum Gasteiger partial charge on any atom is -0.361 e. The first-order valence-electron chi connectivity index (χ1n) is 8.35. The summed E-state index contributed by atoms with van der Waals surface area (Å²) in [4.78, 5) is 29.6. The van der Waals surface area contributed by atoms with Gasteiger partial charge >= 0.3 is 0 Å². The van der Waals surface area contributed by atoms with E-state index in [1.54, 1.807) is 0 Å². The Morgan fingerprint density at radius 1 is 1.22 bits per heavy atom. The third kappa shape index (κ3) is 2.60. The van der Waals surface area contributed by atoms with Crippen LogP contribution in [0.15, 0.2) is 30.5 Å². The van der Waals surface area contributed by atoms with Crippen molar-refractivity contribution in [2.45, 2.75) is 44.2 Å². The number of carbonyl (C=O) groups excluding carboxylic acids is 2. The van der Waals surface area contributed by atoms with E-state index >= 15 is 0 Å². The highest BCUT2D eigenvalue weighted by atomic mass is 16.2. The number of nitrogens with one attached hydrogen (secondary N) is 2. The van der Waals surface area contributed by atoms with Gasteiger partial charge in [0.25, 0.3) is 0 Å². The van der Waals surface area contributed by atoms with Gasteiger partial charge in [-0.25, -0.2) is 0 Å². The zero-order valence-electron chi connectivity index (χ0n) is 13.0. The Morgan fingerprint density at radius 3 is 2.96 bits per heavy atom. The SMILES string of the molecule is O=C1C[C@H]2CC[C@@H](CN1)N2C(=O)CCc1c[nH]c2ccccc12. The predicted molar refractivity (Wildman–Crippen MR) is 87.9 cm³/mol. The molecule has 120 valence electrons. The molecule has 4 rings (SSSR count). The van der Waals surface area contributed by atoms with Crippen molar-refractivity contribution in [3.05, 3.63) is 36.0 Å². The van der Waals surface area contributed by atoms with Crippen molar-refractivity contribution in [2.75, 3.05) is 6.54 Å². The molecular weight excluding hydrogens is 290 g/mol. The second-order valence-electron chi connectivity index (χ2n) is 6.55. The number of aromatic nitrogens is 1. The van der Waals surface area contributed by atoms with Gasteiger partial charge in [0.2, 0.25) is 11.8 Å². The van der Waals surface area contributed by atoms with Crippen LogP contribution < -0.4 is 5.32 Å². The molecule has 1 aromatic carbocycles. The Balaban J connectivity index is 1.47. The van der Waals surface area contributed by atoms with Crippen LogP contribution in [0.4, 0.5) is 0 Å². The fourth-order valence-corrected chi connectivity index (χ4v) is 4.00. The predicted octanol–water partition coefficient (Wildman–Crippen LogP) is 1.98. The van der Waals surface area contributed by atoms with Gasteiger partial charge in [-0.1, -0.05) is 18.2 Å². The molecular formula is C18H21N3O2. The monoisotopic (exact) mass is 311 g/mol. The van der Waals surface area contributed by atoms with Gasteiger partial charge in [0.15, 0.2) is 0 Å². The summed E-state index contributed by atoms with van der Waals surface area (Å²) in [6.07, 6.45) is 5.65. The smallest absolute Gasteiger partial charge is 0.223 e. The summed E-state index contributed by atoms with van der Waals surface area (Å²) in [7, 11) is 0. The number of rotatable bonds is 3. The highest BCUT2D eigenvalue weighted by molar-refractivity contribution is 5.85. The fourth-order valence-electron chi connectivity index (χ4n) is 4.00. The number of amides is 2. The summed E-state index contributed by atoms with van der Waals surface area (Å²) in [6.45, 7) is 0.605. The van der Waals surface area contributed by atoms with Crippen molar-refractivity contribution in [3.8, 4) is 0 Å². The Labute approximate surface area is 135 Å². The molecule has 2 N–H and O–H groups in total. The van der Waals surface area contributed by atoms with Gasteiger partial charge in [0, 0.05) is 48.6 Å². The Hall–Kier alpha value is -2.30.